The summed E-state index contributed by atoms with van der Waals surface area (Å²) < 4.78 is 5.35. The molecule has 184 valence electrons. The summed E-state index contributed by atoms with van der Waals surface area (Å²) in [4.78, 5) is 27.9. The number of anilines is 3. The Morgan fingerprint density at radius 1 is 1.09 bits per heavy atom. The van der Waals surface area contributed by atoms with E-state index in [1.807, 2.05) is 32.0 Å². The normalized spacial score (nSPS) is 14.1. The number of nitrogens with zero attached hydrogens (tertiary/aromatic N) is 1. The van der Waals surface area contributed by atoms with Crippen molar-refractivity contribution in [1.29, 1.82) is 0 Å². The Morgan fingerprint density at radius 3 is 2.44 bits per heavy atom. The third kappa shape index (κ3) is 7.37. The Labute approximate surface area is 207 Å². The van der Waals surface area contributed by atoms with Crippen molar-refractivity contribution in [3.05, 3.63) is 52.5 Å². The van der Waals surface area contributed by atoms with Gasteiger partial charge in [-0.15, -0.1) is 0 Å². The second kappa shape index (κ2) is 12.6. The first-order valence-electron chi connectivity index (χ1n) is 12.0. The lowest BCUT2D eigenvalue weighted by molar-refractivity contribution is 0.0944. The third-order valence-electron chi connectivity index (χ3n) is 6.01. The van der Waals surface area contributed by atoms with Crippen LogP contribution in [0.25, 0.3) is 0 Å². The number of benzene rings is 2. The summed E-state index contributed by atoms with van der Waals surface area (Å²) in [6.07, 6.45) is 2.93. The Hall–Kier alpha value is -2.77. The van der Waals surface area contributed by atoms with E-state index in [0.29, 0.717) is 47.6 Å². The van der Waals surface area contributed by atoms with E-state index in [0.717, 1.165) is 43.6 Å². The van der Waals surface area contributed by atoms with Crippen molar-refractivity contribution in [3.63, 3.8) is 0 Å². The topological polar surface area (TPSA) is 82.7 Å². The maximum Gasteiger partial charge on any atom is 0.323 e. The molecule has 0 atom stereocenters. The number of carbonyl (C=O) groups is 2. The van der Waals surface area contributed by atoms with Gasteiger partial charge in [-0.05, 0) is 74.9 Å². The smallest absolute Gasteiger partial charge is 0.323 e. The van der Waals surface area contributed by atoms with Gasteiger partial charge in [0.1, 0.15) is 0 Å². The fourth-order valence-electron chi connectivity index (χ4n) is 3.90. The molecule has 2 aromatic rings. The van der Waals surface area contributed by atoms with Crippen LogP contribution in [0.1, 0.15) is 49.0 Å². The number of nitrogens with one attached hydrogen (secondary N) is 3. The van der Waals surface area contributed by atoms with Crippen LogP contribution in [-0.2, 0) is 4.74 Å². The number of hydrogen-bond acceptors (Lipinski definition) is 4. The van der Waals surface area contributed by atoms with Crippen LogP contribution in [0.4, 0.5) is 21.9 Å². The summed E-state index contributed by atoms with van der Waals surface area (Å²) in [6.45, 7) is 9.74. The first kappa shape index (κ1) is 25.8. The molecule has 1 aliphatic rings. The molecule has 1 aliphatic heterocycles. The van der Waals surface area contributed by atoms with Gasteiger partial charge in [-0.3, -0.25) is 4.79 Å². The average Bonchev–Trinajstić information content (AvgIpc) is 2.82. The molecule has 0 aliphatic carbocycles. The third-order valence-corrected chi connectivity index (χ3v) is 6.42. The maximum absolute atomic E-state index is 13.1. The minimum atomic E-state index is -0.400. The SMILES string of the molecule is CCOCCCNC(=O)c1cc(NC(=O)Nc2ccc(C)c(Cl)c2)ccc1N1CCC(C)CC1. The highest BCUT2D eigenvalue weighted by Gasteiger charge is 2.22. The van der Waals surface area contributed by atoms with Gasteiger partial charge in [-0.2, -0.15) is 0 Å². The number of aryl methyl sites for hydroxylation is 1. The van der Waals surface area contributed by atoms with Crippen LogP contribution in [0.2, 0.25) is 5.02 Å². The maximum atomic E-state index is 13.1. The molecule has 34 heavy (non-hydrogen) atoms. The lowest BCUT2D eigenvalue weighted by atomic mass is 9.98. The zero-order valence-electron chi connectivity index (χ0n) is 20.2. The molecule has 2 aromatic carbocycles. The van der Waals surface area contributed by atoms with Gasteiger partial charge in [-0.1, -0.05) is 24.6 Å². The van der Waals surface area contributed by atoms with E-state index >= 15 is 0 Å². The molecule has 3 amide bonds. The van der Waals surface area contributed by atoms with Crippen LogP contribution in [-0.4, -0.2) is 44.8 Å². The average molecular weight is 487 g/mol. The van der Waals surface area contributed by atoms with Crippen LogP contribution in [0.3, 0.4) is 0 Å². The Kier molecular flexibility index (Phi) is 9.60. The standard InChI is InChI=1S/C26H35ClN4O3/c1-4-34-15-5-12-28-25(32)22-16-20(8-9-24(22)31-13-10-18(2)11-14-31)29-26(33)30-21-7-6-19(3)23(27)17-21/h6-9,16-18H,4-5,10-15H2,1-3H3,(H,28,32)(H2,29,30,33). The number of urea groups is 1. The summed E-state index contributed by atoms with van der Waals surface area (Å²) in [5, 5.41) is 9.19. The zero-order chi connectivity index (χ0) is 24.5. The molecule has 1 heterocycles. The van der Waals surface area contributed by atoms with E-state index in [9.17, 15) is 9.59 Å². The number of hydrogen-bond donors (Lipinski definition) is 3. The van der Waals surface area contributed by atoms with Gasteiger partial charge in [0.2, 0.25) is 0 Å². The minimum Gasteiger partial charge on any atom is -0.382 e. The van der Waals surface area contributed by atoms with E-state index in [1.165, 1.54) is 0 Å². The quantitative estimate of drug-likeness (QED) is 0.398. The van der Waals surface area contributed by atoms with Gasteiger partial charge >= 0.3 is 6.03 Å². The molecule has 8 heteroatoms. The van der Waals surface area contributed by atoms with Crippen LogP contribution in [0.15, 0.2) is 36.4 Å². The van der Waals surface area contributed by atoms with Crippen molar-refractivity contribution >= 4 is 40.6 Å². The number of carbonyl (C=O) groups excluding carboxylic acids is 2. The fourth-order valence-corrected chi connectivity index (χ4v) is 4.08. The number of halogens is 1. The number of ether oxygens (including phenoxy) is 1. The molecule has 0 saturated carbocycles. The molecule has 0 bridgehead atoms. The summed E-state index contributed by atoms with van der Waals surface area (Å²) in [7, 11) is 0. The molecule has 3 rings (SSSR count). The van der Waals surface area contributed by atoms with Crippen molar-refractivity contribution in [2.75, 3.05) is 48.4 Å². The number of amides is 3. The van der Waals surface area contributed by atoms with E-state index in [1.54, 1.807) is 18.2 Å². The lowest BCUT2D eigenvalue weighted by Gasteiger charge is -2.33. The summed E-state index contributed by atoms with van der Waals surface area (Å²) in [5.41, 5.74) is 3.53. The molecule has 1 fully saturated rings. The Bertz CT molecular complexity index is 990. The highest BCUT2D eigenvalue weighted by molar-refractivity contribution is 6.31. The number of rotatable bonds is 9. The molecule has 0 aromatic heterocycles. The fraction of sp³-hybridized carbons (Fsp3) is 0.462. The van der Waals surface area contributed by atoms with E-state index in [-0.39, 0.29) is 5.91 Å². The van der Waals surface area contributed by atoms with Crippen LogP contribution < -0.4 is 20.9 Å². The Morgan fingerprint density at radius 2 is 1.76 bits per heavy atom. The highest BCUT2D eigenvalue weighted by atomic mass is 35.5. The first-order valence-corrected chi connectivity index (χ1v) is 12.3. The molecule has 0 radical (unpaired) electrons. The monoisotopic (exact) mass is 486 g/mol. The predicted molar refractivity (Wildman–Crippen MR) is 139 cm³/mol. The summed E-state index contributed by atoms with van der Waals surface area (Å²) >= 11 is 6.15. The van der Waals surface area contributed by atoms with Gasteiger partial charge in [0.15, 0.2) is 0 Å². The largest absolute Gasteiger partial charge is 0.382 e. The van der Waals surface area contributed by atoms with Crippen LogP contribution in [0, 0.1) is 12.8 Å². The minimum absolute atomic E-state index is 0.153. The molecule has 1 saturated heterocycles. The molecule has 0 unspecified atom stereocenters. The highest BCUT2D eigenvalue weighted by Crippen LogP contribution is 2.29. The van der Waals surface area contributed by atoms with Crippen molar-refractivity contribution in [2.45, 2.75) is 40.0 Å². The zero-order valence-corrected chi connectivity index (χ0v) is 21.0. The van der Waals surface area contributed by atoms with Gasteiger partial charge in [0.05, 0.1) is 5.56 Å². The van der Waals surface area contributed by atoms with Crippen molar-refractivity contribution < 1.29 is 14.3 Å². The van der Waals surface area contributed by atoms with E-state index in [4.69, 9.17) is 16.3 Å². The second-order valence-corrected chi connectivity index (χ2v) is 9.16. The lowest BCUT2D eigenvalue weighted by Crippen LogP contribution is -2.35. The predicted octanol–water partition coefficient (Wildman–Crippen LogP) is 5.69. The molecule has 3 N–H and O–H groups in total. The van der Waals surface area contributed by atoms with E-state index in [2.05, 4.69) is 27.8 Å². The molecular formula is C26H35ClN4O3. The molecular weight excluding hydrogens is 452 g/mol. The Balaban J connectivity index is 1.73. The second-order valence-electron chi connectivity index (χ2n) is 8.75. The van der Waals surface area contributed by atoms with Crippen LogP contribution >= 0.6 is 11.6 Å². The van der Waals surface area contributed by atoms with Gasteiger partial charge in [0, 0.05) is 54.9 Å². The van der Waals surface area contributed by atoms with Crippen molar-refractivity contribution in [1.82, 2.24) is 5.32 Å². The summed E-state index contributed by atoms with van der Waals surface area (Å²) in [6, 6.07) is 10.4. The number of piperidine rings is 1. The molecule has 0 spiro atoms. The first-order chi connectivity index (χ1) is 16.4. The van der Waals surface area contributed by atoms with E-state index < -0.39 is 6.03 Å². The van der Waals surface area contributed by atoms with Crippen LogP contribution in [0.5, 0.6) is 0 Å². The summed E-state index contributed by atoms with van der Waals surface area (Å²) in [5.74, 6) is 0.534. The van der Waals surface area contributed by atoms with Gasteiger partial charge < -0.3 is 25.6 Å². The van der Waals surface area contributed by atoms with Crippen molar-refractivity contribution in [3.8, 4) is 0 Å². The van der Waals surface area contributed by atoms with Crippen molar-refractivity contribution in [2.24, 2.45) is 5.92 Å². The van der Waals surface area contributed by atoms with Gasteiger partial charge in [0.25, 0.3) is 5.91 Å². The molecule has 7 nitrogen and oxygen atoms in total. The van der Waals surface area contributed by atoms with Gasteiger partial charge in [-0.25, -0.2) is 4.79 Å².